The molecular weight excluding hydrogens is 338 g/mol. The van der Waals surface area contributed by atoms with E-state index in [2.05, 4.69) is 40.8 Å². The number of hydrogen-bond acceptors (Lipinski definition) is 5. The average Bonchev–Trinajstić information content (AvgIpc) is 2.80. The Morgan fingerprint density at radius 1 is 1.22 bits per heavy atom. The molecule has 0 radical (unpaired) electrons. The molecule has 18 heavy (non-hydrogen) atoms. The largest absolute Gasteiger partial charge is 0.341 e. The second kappa shape index (κ2) is 4.83. The van der Waals surface area contributed by atoms with E-state index in [0.29, 0.717) is 10.7 Å². The minimum atomic E-state index is 0.171. The molecule has 0 aliphatic rings. The summed E-state index contributed by atoms with van der Waals surface area (Å²) in [6.45, 7) is 0. The van der Waals surface area contributed by atoms with Gasteiger partial charge in [-0.05, 0) is 51.4 Å². The Morgan fingerprint density at radius 3 is 2.94 bits per heavy atom. The topological polar surface area (TPSA) is 67.3 Å². The van der Waals surface area contributed by atoms with Crippen LogP contribution in [0, 0.1) is 0 Å². The summed E-state index contributed by atoms with van der Waals surface area (Å²) in [7, 11) is 0. The van der Waals surface area contributed by atoms with Crippen molar-refractivity contribution in [1.82, 2.24) is 24.9 Å². The zero-order valence-electron chi connectivity index (χ0n) is 8.76. The van der Waals surface area contributed by atoms with Crippen molar-refractivity contribution in [2.45, 2.75) is 10.1 Å². The van der Waals surface area contributed by atoms with Crippen LogP contribution in [0.15, 0.2) is 39.2 Å². The molecule has 3 heterocycles. The second-order valence-electron chi connectivity index (χ2n) is 3.29. The Labute approximate surface area is 120 Å². The fourth-order valence-corrected chi connectivity index (χ4v) is 2.95. The Balaban J connectivity index is 2.10. The van der Waals surface area contributed by atoms with Crippen LogP contribution in [0.5, 0.6) is 0 Å². The lowest BCUT2D eigenvalue weighted by molar-refractivity contribution is 1.06. The number of aromatic amines is 1. The Bertz CT molecular complexity index is 716. The predicted molar refractivity (Wildman–Crippen MR) is 72.8 cm³/mol. The number of nitrogens with one attached hydrogen (secondary N) is 1. The van der Waals surface area contributed by atoms with Gasteiger partial charge in [0.25, 0.3) is 0 Å². The highest BCUT2D eigenvalue weighted by Gasteiger charge is 2.12. The molecule has 0 aliphatic heterocycles. The first kappa shape index (κ1) is 11.9. The van der Waals surface area contributed by atoms with Crippen LogP contribution >= 0.6 is 39.3 Å². The summed E-state index contributed by atoms with van der Waals surface area (Å²) in [4.78, 5) is 19.6. The summed E-state index contributed by atoms with van der Waals surface area (Å²) in [5.74, 6) is 0. The normalized spacial score (nSPS) is 11.0. The number of H-pyrrole nitrogens is 1. The van der Waals surface area contributed by atoms with Gasteiger partial charge in [0.05, 0.1) is 10.8 Å². The molecule has 0 amide bonds. The molecule has 5 nitrogen and oxygen atoms in total. The SMILES string of the molecule is Clc1nc(Sc2ncccc2Br)c2[nH]cnc2n1. The lowest BCUT2D eigenvalue weighted by Gasteiger charge is -2.03. The van der Waals surface area contributed by atoms with Crippen molar-refractivity contribution >= 4 is 50.5 Å². The van der Waals surface area contributed by atoms with E-state index in [0.717, 1.165) is 15.0 Å². The lowest BCUT2D eigenvalue weighted by atomic mass is 10.5. The first-order chi connectivity index (χ1) is 8.74. The van der Waals surface area contributed by atoms with Crippen LogP contribution in [-0.4, -0.2) is 24.9 Å². The van der Waals surface area contributed by atoms with Crippen molar-refractivity contribution in [1.29, 1.82) is 0 Å². The van der Waals surface area contributed by atoms with Crippen LogP contribution in [0.2, 0.25) is 5.28 Å². The fraction of sp³-hybridized carbons (Fsp3) is 0. The number of fused-ring (bicyclic) bond motifs is 1. The van der Waals surface area contributed by atoms with Crippen molar-refractivity contribution < 1.29 is 0 Å². The quantitative estimate of drug-likeness (QED) is 0.571. The van der Waals surface area contributed by atoms with Gasteiger partial charge in [0, 0.05) is 6.20 Å². The highest BCUT2D eigenvalue weighted by Crippen LogP contribution is 2.33. The minimum Gasteiger partial charge on any atom is -0.341 e. The number of rotatable bonds is 2. The molecule has 3 rings (SSSR count). The Hall–Kier alpha value is -1.18. The van der Waals surface area contributed by atoms with Crippen molar-refractivity contribution in [2.24, 2.45) is 0 Å². The molecule has 0 bridgehead atoms. The standard InChI is InChI=1S/C10H5BrClN5S/c11-5-2-1-3-13-8(5)18-9-6-7(15-4-14-6)16-10(12)17-9/h1-4H,(H,14,15,16,17). The van der Waals surface area contributed by atoms with Gasteiger partial charge in [-0.25, -0.2) is 15.0 Å². The van der Waals surface area contributed by atoms with Gasteiger partial charge in [0.15, 0.2) is 5.65 Å². The summed E-state index contributed by atoms with van der Waals surface area (Å²) in [5.41, 5.74) is 1.30. The summed E-state index contributed by atoms with van der Waals surface area (Å²) in [5, 5.41) is 1.68. The molecule has 3 aromatic rings. The predicted octanol–water partition coefficient (Wildman–Crippen LogP) is 3.32. The summed E-state index contributed by atoms with van der Waals surface area (Å²) >= 11 is 10.7. The third kappa shape index (κ3) is 2.21. The van der Waals surface area contributed by atoms with E-state index >= 15 is 0 Å². The zero-order valence-corrected chi connectivity index (χ0v) is 11.9. The molecule has 0 saturated carbocycles. The van der Waals surface area contributed by atoms with E-state index in [1.54, 1.807) is 12.5 Å². The van der Waals surface area contributed by atoms with Gasteiger partial charge in [0.2, 0.25) is 5.28 Å². The molecule has 0 spiro atoms. The average molecular weight is 343 g/mol. The maximum Gasteiger partial charge on any atom is 0.225 e. The number of pyridine rings is 1. The summed E-state index contributed by atoms with van der Waals surface area (Å²) in [6, 6.07) is 3.77. The number of nitrogens with zero attached hydrogens (tertiary/aromatic N) is 4. The van der Waals surface area contributed by atoms with Gasteiger partial charge < -0.3 is 4.98 Å². The highest BCUT2D eigenvalue weighted by molar-refractivity contribution is 9.10. The first-order valence-corrected chi connectivity index (χ1v) is 6.88. The first-order valence-electron chi connectivity index (χ1n) is 4.89. The fourth-order valence-electron chi connectivity index (χ4n) is 1.39. The van der Waals surface area contributed by atoms with Gasteiger partial charge in [-0.3, -0.25) is 0 Å². The maximum absolute atomic E-state index is 5.87. The molecule has 0 unspecified atom stereocenters. The van der Waals surface area contributed by atoms with E-state index in [-0.39, 0.29) is 5.28 Å². The molecule has 0 fully saturated rings. The van der Waals surface area contributed by atoms with Gasteiger partial charge >= 0.3 is 0 Å². The molecule has 90 valence electrons. The van der Waals surface area contributed by atoms with Crippen LogP contribution in [0.25, 0.3) is 11.2 Å². The second-order valence-corrected chi connectivity index (χ2v) is 5.46. The van der Waals surface area contributed by atoms with Crippen LogP contribution in [0.1, 0.15) is 0 Å². The van der Waals surface area contributed by atoms with Crippen LogP contribution in [0.4, 0.5) is 0 Å². The summed E-state index contributed by atoms with van der Waals surface area (Å²) in [6.07, 6.45) is 3.28. The smallest absolute Gasteiger partial charge is 0.225 e. The maximum atomic E-state index is 5.87. The summed E-state index contributed by atoms with van der Waals surface area (Å²) < 4.78 is 0.900. The van der Waals surface area contributed by atoms with E-state index in [9.17, 15) is 0 Å². The van der Waals surface area contributed by atoms with Crippen molar-refractivity contribution in [3.8, 4) is 0 Å². The highest BCUT2D eigenvalue weighted by atomic mass is 79.9. The van der Waals surface area contributed by atoms with E-state index in [1.165, 1.54) is 11.8 Å². The lowest BCUT2D eigenvalue weighted by Crippen LogP contribution is -1.90. The van der Waals surface area contributed by atoms with Gasteiger partial charge in [0.1, 0.15) is 15.6 Å². The van der Waals surface area contributed by atoms with Gasteiger partial charge in [-0.15, -0.1) is 0 Å². The zero-order chi connectivity index (χ0) is 12.5. The van der Waals surface area contributed by atoms with Crippen LogP contribution in [-0.2, 0) is 0 Å². The number of hydrogen-bond donors (Lipinski definition) is 1. The number of imidazole rings is 1. The molecule has 3 aromatic heterocycles. The number of aromatic nitrogens is 5. The van der Waals surface area contributed by atoms with E-state index in [1.807, 2.05) is 12.1 Å². The third-order valence-corrected chi connectivity index (χ3v) is 4.22. The molecule has 0 saturated heterocycles. The molecular formula is C10H5BrClN5S. The monoisotopic (exact) mass is 341 g/mol. The molecule has 0 atom stereocenters. The molecule has 0 aromatic carbocycles. The van der Waals surface area contributed by atoms with E-state index < -0.39 is 0 Å². The van der Waals surface area contributed by atoms with Gasteiger partial charge in [-0.2, -0.15) is 4.98 Å². The van der Waals surface area contributed by atoms with E-state index in [4.69, 9.17) is 11.6 Å². The van der Waals surface area contributed by atoms with Crippen LogP contribution in [0.3, 0.4) is 0 Å². The van der Waals surface area contributed by atoms with Gasteiger partial charge in [-0.1, -0.05) is 0 Å². The molecule has 8 heteroatoms. The van der Waals surface area contributed by atoms with Crippen LogP contribution < -0.4 is 0 Å². The third-order valence-electron chi connectivity index (χ3n) is 2.14. The Kier molecular flexibility index (Phi) is 3.19. The molecule has 0 aliphatic carbocycles. The van der Waals surface area contributed by atoms with Crippen molar-refractivity contribution in [3.63, 3.8) is 0 Å². The van der Waals surface area contributed by atoms with Crippen molar-refractivity contribution in [3.05, 3.63) is 34.4 Å². The minimum absolute atomic E-state index is 0.171. The Morgan fingerprint density at radius 2 is 2.11 bits per heavy atom. The molecule has 1 N–H and O–H groups in total. The number of halogens is 2. The van der Waals surface area contributed by atoms with Crippen molar-refractivity contribution in [2.75, 3.05) is 0 Å².